The van der Waals surface area contributed by atoms with Gasteiger partial charge in [0.2, 0.25) is 0 Å². The molecule has 0 heterocycles. The maximum atomic E-state index is 12.7. The lowest BCUT2D eigenvalue weighted by Crippen LogP contribution is -2.16. The zero-order chi connectivity index (χ0) is 78.9. The SMILES string of the molecule is O=C(O)c1ccc(C(=O)OCCOC(=O)c2ccc(C(=O)OCCOC(=O)c3ccc(C(=O)OCCOC(=O)c4ccc(C(=O)OCCOC(=O)c5ccc(C(=O)OCCOC(=O)c6ccc(C(=O)OCCOC(=O)c7ccc(C(=O)OCCOC(=O)c8ccc(C(=O)O)cc8)cc7)cc6)cc5)cc4)cc3)cc2)cc1. The zero-order valence-electron chi connectivity index (χ0n) is 57.5. The van der Waals surface area contributed by atoms with Gasteiger partial charge in [-0.25, -0.2) is 76.7 Å². The van der Waals surface area contributed by atoms with E-state index >= 15 is 0 Å². The normalized spacial score (nSPS) is 10.4. The monoisotopic (exact) mass is 1510 g/mol. The molecular formula is C78H62O32. The van der Waals surface area contributed by atoms with E-state index in [4.69, 9.17) is 76.5 Å². The summed E-state index contributed by atoms with van der Waals surface area (Å²) >= 11 is 0. The molecule has 0 aliphatic rings. The van der Waals surface area contributed by atoms with Crippen LogP contribution in [0.4, 0.5) is 0 Å². The van der Waals surface area contributed by atoms with Crippen molar-refractivity contribution in [1.29, 1.82) is 0 Å². The van der Waals surface area contributed by atoms with Crippen LogP contribution in [0.25, 0.3) is 0 Å². The van der Waals surface area contributed by atoms with E-state index in [1.807, 2.05) is 0 Å². The zero-order valence-corrected chi connectivity index (χ0v) is 57.5. The highest BCUT2D eigenvalue weighted by atomic mass is 16.6. The number of carboxylic acid groups (broad SMARTS) is 2. The van der Waals surface area contributed by atoms with Crippen molar-refractivity contribution in [2.24, 2.45) is 0 Å². The highest BCUT2D eigenvalue weighted by molar-refractivity contribution is 5.99. The Morgan fingerprint density at radius 3 is 0.264 bits per heavy atom. The molecule has 32 nitrogen and oxygen atoms in total. The number of esters is 14. The first-order valence-corrected chi connectivity index (χ1v) is 32.7. The van der Waals surface area contributed by atoms with Gasteiger partial charge in [0.05, 0.1) is 89.0 Å². The lowest BCUT2D eigenvalue weighted by molar-refractivity contribution is 0.0260. The molecule has 0 spiro atoms. The number of aromatic carboxylic acids is 2. The number of carbonyl (C=O) groups excluding carboxylic acids is 14. The van der Waals surface area contributed by atoms with Gasteiger partial charge in [-0.15, -0.1) is 0 Å². The molecule has 0 atom stereocenters. The van der Waals surface area contributed by atoms with E-state index in [2.05, 4.69) is 0 Å². The number of rotatable bonds is 37. The summed E-state index contributed by atoms with van der Waals surface area (Å²) in [7, 11) is 0. The predicted molar refractivity (Wildman–Crippen MR) is 369 cm³/mol. The van der Waals surface area contributed by atoms with Gasteiger partial charge in [-0.3, -0.25) is 0 Å². The van der Waals surface area contributed by atoms with Crippen molar-refractivity contribution >= 4 is 95.5 Å². The molecule has 0 aliphatic heterocycles. The van der Waals surface area contributed by atoms with E-state index in [1.54, 1.807) is 0 Å². The predicted octanol–water partition coefficient (Wildman–Crippen LogP) is 8.18. The molecule has 0 amide bonds. The quantitative estimate of drug-likeness (QED) is 0.0210. The van der Waals surface area contributed by atoms with Crippen LogP contribution < -0.4 is 0 Å². The van der Waals surface area contributed by atoms with Gasteiger partial charge in [0, 0.05) is 0 Å². The summed E-state index contributed by atoms with van der Waals surface area (Å²) in [6.07, 6.45) is 0. The Bertz CT molecular complexity index is 4370. The van der Waals surface area contributed by atoms with Crippen molar-refractivity contribution in [2.75, 3.05) is 92.5 Å². The maximum Gasteiger partial charge on any atom is 0.338 e. The molecule has 0 aromatic heterocycles. The smallest absolute Gasteiger partial charge is 0.338 e. The second kappa shape index (κ2) is 41.1. The minimum atomic E-state index is -1.16. The number of ether oxygens (including phenoxy) is 14. The van der Waals surface area contributed by atoms with Crippen molar-refractivity contribution in [2.45, 2.75) is 0 Å². The first kappa shape index (κ1) is 81.0. The van der Waals surface area contributed by atoms with E-state index in [-0.39, 0.29) is 182 Å². The van der Waals surface area contributed by atoms with E-state index in [1.165, 1.54) is 194 Å². The fourth-order valence-corrected chi connectivity index (χ4v) is 9.00. The fraction of sp³-hybridized carbons (Fsp3) is 0.179. The van der Waals surface area contributed by atoms with Crippen molar-refractivity contribution in [1.82, 2.24) is 0 Å². The second-order valence-electron chi connectivity index (χ2n) is 22.1. The Labute approximate surface area is 622 Å². The van der Waals surface area contributed by atoms with Crippen LogP contribution in [-0.4, -0.2) is 198 Å². The van der Waals surface area contributed by atoms with Gasteiger partial charge in [0.15, 0.2) is 0 Å². The summed E-state index contributed by atoms with van der Waals surface area (Å²) in [4.78, 5) is 197. The first-order chi connectivity index (χ1) is 53.0. The molecule has 566 valence electrons. The first-order valence-electron chi connectivity index (χ1n) is 32.7. The van der Waals surface area contributed by atoms with E-state index in [0.717, 1.165) is 0 Å². The summed E-state index contributed by atoms with van der Waals surface area (Å²) in [5.41, 5.74) is 0.914. The minimum absolute atomic E-state index is 0.00874. The highest BCUT2D eigenvalue weighted by Crippen LogP contribution is 2.17. The van der Waals surface area contributed by atoms with E-state index in [0.29, 0.717) is 0 Å². The third-order valence-electron chi connectivity index (χ3n) is 14.7. The molecule has 0 bridgehead atoms. The van der Waals surface area contributed by atoms with Gasteiger partial charge in [-0.2, -0.15) is 0 Å². The summed E-state index contributed by atoms with van der Waals surface area (Å²) in [6, 6.07) is 41.3. The summed E-state index contributed by atoms with van der Waals surface area (Å²) in [5, 5.41) is 18.0. The van der Waals surface area contributed by atoms with Crippen LogP contribution in [0.3, 0.4) is 0 Å². The highest BCUT2D eigenvalue weighted by Gasteiger charge is 2.21. The molecule has 8 aromatic carbocycles. The second-order valence-corrected chi connectivity index (χ2v) is 22.1. The summed E-state index contributed by atoms with van der Waals surface area (Å²) in [5.74, 6) is -13.3. The van der Waals surface area contributed by atoms with Gasteiger partial charge in [-0.05, 0) is 194 Å². The third kappa shape index (κ3) is 25.0. The third-order valence-corrected chi connectivity index (χ3v) is 14.7. The maximum absolute atomic E-state index is 12.7. The topological polar surface area (TPSA) is 443 Å². The van der Waals surface area contributed by atoms with Crippen LogP contribution in [0.15, 0.2) is 194 Å². The number of carboxylic acids is 2. The van der Waals surface area contributed by atoms with Gasteiger partial charge < -0.3 is 76.5 Å². The van der Waals surface area contributed by atoms with Gasteiger partial charge in [0.1, 0.15) is 92.5 Å². The average molecular weight is 1510 g/mol. The lowest BCUT2D eigenvalue weighted by Gasteiger charge is -2.09. The Kier molecular flexibility index (Phi) is 30.2. The molecule has 0 saturated heterocycles. The molecule has 2 N–H and O–H groups in total. The van der Waals surface area contributed by atoms with Crippen LogP contribution in [0.1, 0.15) is 166 Å². The number of hydrogen-bond donors (Lipinski definition) is 2. The van der Waals surface area contributed by atoms with Crippen LogP contribution in [-0.2, 0) is 66.3 Å². The standard InChI is InChI=1S/C78H62O32/c79-63(80)47-1-5-49(6-2-47)65(83)97-33-35-99-67(85)51-9-13-53(14-10-51)69(87)101-37-39-103-71(89)55-17-21-57(22-18-55)73(91)105-41-43-107-75(93)59-25-29-61(30-26-59)77(95)109-45-46-110-78(96)62-31-27-60(28-32-62)76(94)108-44-42-106-74(92)58-23-19-56(20-24-58)72(90)104-40-38-102-70(88)54-15-11-52(12-16-54)68(86)100-36-34-98-66(84)50-7-3-48(4-8-50)64(81)82/h1-32H,33-46H2,(H,79,80)(H,81,82). The Morgan fingerprint density at radius 1 is 0.136 bits per heavy atom. The minimum Gasteiger partial charge on any atom is -0.478 e. The van der Waals surface area contributed by atoms with Crippen molar-refractivity contribution in [3.8, 4) is 0 Å². The fourth-order valence-electron chi connectivity index (χ4n) is 9.00. The molecule has 110 heavy (non-hydrogen) atoms. The largest absolute Gasteiger partial charge is 0.478 e. The average Bonchev–Trinajstić information content (AvgIpc) is 0.908. The molecule has 8 aromatic rings. The number of carbonyl (C=O) groups is 16. The number of hydrogen-bond acceptors (Lipinski definition) is 30. The molecule has 0 saturated carbocycles. The Balaban J connectivity index is 0.614. The summed E-state index contributed by atoms with van der Waals surface area (Å²) in [6.45, 7) is -4.49. The summed E-state index contributed by atoms with van der Waals surface area (Å²) < 4.78 is 71.8. The molecule has 0 unspecified atom stereocenters. The van der Waals surface area contributed by atoms with Gasteiger partial charge >= 0.3 is 95.5 Å². The molecule has 0 radical (unpaired) electrons. The Hall–Kier alpha value is -14.7. The lowest BCUT2D eigenvalue weighted by atomic mass is 10.1. The van der Waals surface area contributed by atoms with Crippen LogP contribution in [0.2, 0.25) is 0 Å². The molecule has 0 aliphatic carbocycles. The molecular weight excluding hydrogens is 1450 g/mol. The molecule has 8 rings (SSSR count). The number of benzene rings is 8. The van der Waals surface area contributed by atoms with Crippen molar-refractivity contribution in [3.05, 3.63) is 283 Å². The van der Waals surface area contributed by atoms with Crippen LogP contribution in [0.5, 0.6) is 0 Å². The Morgan fingerprint density at radius 2 is 0.200 bits per heavy atom. The van der Waals surface area contributed by atoms with Gasteiger partial charge in [0.25, 0.3) is 0 Å². The molecule has 0 fully saturated rings. The molecule has 32 heteroatoms. The van der Waals surface area contributed by atoms with E-state index in [9.17, 15) is 76.7 Å². The van der Waals surface area contributed by atoms with Crippen molar-refractivity contribution < 1.29 is 153 Å². The van der Waals surface area contributed by atoms with Gasteiger partial charge in [-0.1, -0.05) is 0 Å². The van der Waals surface area contributed by atoms with Crippen LogP contribution >= 0.6 is 0 Å². The van der Waals surface area contributed by atoms with Crippen molar-refractivity contribution in [3.63, 3.8) is 0 Å². The van der Waals surface area contributed by atoms with Crippen LogP contribution in [0, 0.1) is 0 Å². The van der Waals surface area contributed by atoms with E-state index < -0.39 is 95.5 Å².